The fourth-order valence-corrected chi connectivity index (χ4v) is 1.50. The molecule has 1 atom stereocenters. The van der Waals surface area contributed by atoms with Gasteiger partial charge >= 0.3 is 0 Å². The van der Waals surface area contributed by atoms with Crippen LogP contribution in [0.25, 0.3) is 0 Å². The van der Waals surface area contributed by atoms with E-state index < -0.39 is 0 Å². The SMILES string of the molecule is C=CC(C)NC(=O)Cc1csc(N)n1. The van der Waals surface area contributed by atoms with Crippen molar-refractivity contribution in [1.82, 2.24) is 10.3 Å². The van der Waals surface area contributed by atoms with Crippen LogP contribution in [0.4, 0.5) is 5.13 Å². The van der Waals surface area contributed by atoms with E-state index in [1.807, 2.05) is 6.92 Å². The average molecular weight is 211 g/mol. The quantitative estimate of drug-likeness (QED) is 0.729. The zero-order chi connectivity index (χ0) is 10.6. The van der Waals surface area contributed by atoms with Crippen molar-refractivity contribution in [2.45, 2.75) is 19.4 Å². The number of hydrogen-bond donors (Lipinski definition) is 2. The van der Waals surface area contributed by atoms with E-state index in [2.05, 4.69) is 16.9 Å². The van der Waals surface area contributed by atoms with Gasteiger partial charge in [-0.1, -0.05) is 6.08 Å². The minimum atomic E-state index is -0.0669. The molecule has 0 aliphatic rings. The van der Waals surface area contributed by atoms with Gasteiger partial charge in [0.1, 0.15) is 0 Å². The first kappa shape index (κ1) is 10.7. The van der Waals surface area contributed by atoms with Crippen molar-refractivity contribution in [1.29, 1.82) is 0 Å². The Morgan fingerprint density at radius 1 is 1.93 bits per heavy atom. The molecule has 0 spiro atoms. The van der Waals surface area contributed by atoms with E-state index in [0.29, 0.717) is 10.8 Å². The summed E-state index contributed by atoms with van der Waals surface area (Å²) in [5, 5.41) is 5.03. The molecule has 0 bridgehead atoms. The number of nitrogens with zero attached hydrogens (tertiary/aromatic N) is 1. The van der Waals surface area contributed by atoms with Crippen molar-refractivity contribution < 1.29 is 4.79 Å². The molecular weight excluding hydrogens is 198 g/mol. The number of nitrogens with two attached hydrogens (primary N) is 1. The summed E-state index contributed by atoms with van der Waals surface area (Å²) in [6.07, 6.45) is 1.94. The first-order chi connectivity index (χ1) is 6.61. The Bertz CT molecular complexity index is 335. The molecule has 0 aliphatic heterocycles. The maximum absolute atomic E-state index is 11.4. The summed E-state index contributed by atoms with van der Waals surface area (Å²) >= 11 is 1.34. The Balaban J connectivity index is 2.45. The third kappa shape index (κ3) is 3.18. The van der Waals surface area contributed by atoms with Crippen LogP contribution >= 0.6 is 11.3 Å². The zero-order valence-electron chi connectivity index (χ0n) is 7.99. The molecular formula is C9H13N3OS. The summed E-state index contributed by atoms with van der Waals surface area (Å²) in [5.74, 6) is -0.0669. The van der Waals surface area contributed by atoms with E-state index in [4.69, 9.17) is 5.73 Å². The van der Waals surface area contributed by atoms with Crippen LogP contribution in [0.1, 0.15) is 12.6 Å². The summed E-state index contributed by atoms with van der Waals surface area (Å²) in [4.78, 5) is 15.3. The highest BCUT2D eigenvalue weighted by molar-refractivity contribution is 7.13. The molecule has 0 aromatic carbocycles. The van der Waals surface area contributed by atoms with Gasteiger partial charge in [0.25, 0.3) is 0 Å². The molecule has 14 heavy (non-hydrogen) atoms. The second kappa shape index (κ2) is 4.76. The maximum atomic E-state index is 11.4. The third-order valence-corrected chi connectivity index (χ3v) is 2.38. The topological polar surface area (TPSA) is 68.0 Å². The number of nitrogens with one attached hydrogen (secondary N) is 1. The summed E-state index contributed by atoms with van der Waals surface area (Å²) < 4.78 is 0. The molecule has 0 aliphatic carbocycles. The van der Waals surface area contributed by atoms with Gasteiger partial charge in [0.15, 0.2) is 5.13 Å². The van der Waals surface area contributed by atoms with Crippen LogP contribution in [0, 0.1) is 0 Å². The summed E-state index contributed by atoms with van der Waals surface area (Å²) in [6.45, 7) is 5.44. The largest absolute Gasteiger partial charge is 0.375 e. The van der Waals surface area contributed by atoms with E-state index in [1.165, 1.54) is 11.3 Å². The Morgan fingerprint density at radius 2 is 2.64 bits per heavy atom. The molecule has 3 N–H and O–H groups in total. The zero-order valence-corrected chi connectivity index (χ0v) is 8.80. The highest BCUT2D eigenvalue weighted by atomic mass is 32.1. The lowest BCUT2D eigenvalue weighted by atomic mass is 10.3. The number of nitrogen functional groups attached to an aromatic ring is 1. The van der Waals surface area contributed by atoms with Crippen LogP contribution in [-0.4, -0.2) is 16.9 Å². The van der Waals surface area contributed by atoms with Crippen LogP contribution in [0.3, 0.4) is 0 Å². The monoisotopic (exact) mass is 211 g/mol. The Morgan fingerprint density at radius 3 is 3.14 bits per heavy atom. The smallest absolute Gasteiger partial charge is 0.226 e. The Labute approximate surface area is 86.8 Å². The molecule has 76 valence electrons. The van der Waals surface area contributed by atoms with E-state index in [-0.39, 0.29) is 18.4 Å². The van der Waals surface area contributed by atoms with Crippen LogP contribution < -0.4 is 11.1 Å². The maximum Gasteiger partial charge on any atom is 0.226 e. The highest BCUT2D eigenvalue weighted by Crippen LogP contribution is 2.11. The first-order valence-electron chi connectivity index (χ1n) is 4.23. The van der Waals surface area contributed by atoms with Crippen molar-refractivity contribution in [3.05, 3.63) is 23.7 Å². The van der Waals surface area contributed by atoms with Crippen molar-refractivity contribution in [3.63, 3.8) is 0 Å². The lowest BCUT2D eigenvalue weighted by Crippen LogP contribution is -2.32. The minimum absolute atomic E-state index is 0.0153. The Kier molecular flexibility index (Phi) is 3.64. The van der Waals surface area contributed by atoms with Crippen molar-refractivity contribution in [2.24, 2.45) is 0 Å². The summed E-state index contributed by atoms with van der Waals surface area (Å²) in [5.41, 5.74) is 6.15. The molecule has 0 fully saturated rings. The highest BCUT2D eigenvalue weighted by Gasteiger charge is 2.07. The van der Waals surface area contributed by atoms with Crippen molar-refractivity contribution in [2.75, 3.05) is 5.73 Å². The van der Waals surface area contributed by atoms with Gasteiger partial charge in [-0.05, 0) is 6.92 Å². The first-order valence-corrected chi connectivity index (χ1v) is 5.11. The van der Waals surface area contributed by atoms with Crippen molar-refractivity contribution >= 4 is 22.4 Å². The standard InChI is InChI=1S/C9H13N3OS/c1-3-6(2)11-8(13)4-7-5-14-9(10)12-7/h3,5-6H,1,4H2,2H3,(H2,10,12)(H,11,13). The van der Waals surface area contributed by atoms with Gasteiger partial charge in [-0.2, -0.15) is 0 Å². The predicted octanol–water partition coefficient (Wildman–Crippen LogP) is 0.958. The van der Waals surface area contributed by atoms with Gasteiger partial charge in [0.05, 0.1) is 12.1 Å². The number of aromatic nitrogens is 1. The molecule has 1 aromatic rings. The summed E-state index contributed by atoms with van der Waals surface area (Å²) in [6, 6.07) is -0.0153. The van der Waals surface area contributed by atoms with Gasteiger partial charge in [-0.15, -0.1) is 17.9 Å². The summed E-state index contributed by atoms with van der Waals surface area (Å²) in [7, 11) is 0. The van der Waals surface area contributed by atoms with Crippen LogP contribution in [-0.2, 0) is 11.2 Å². The molecule has 4 nitrogen and oxygen atoms in total. The number of rotatable bonds is 4. The number of amides is 1. The number of carbonyl (C=O) groups excluding carboxylic acids is 1. The fourth-order valence-electron chi connectivity index (χ4n) is 0.932. The normalized spacial score (nSPS) is 12.1. The van der Waals surface area contributed by atoms with E-state index >= 15 is 0 Å². The van der Waals surface area contributed by atoms with Gasteiger partial charge in [0, 0.05) is 11.4 Å². The predicted molar refractivity (Wildman–Crippen MR) is 58.0 cm³/mol. The number of carbonyl (C=O) groups is 1. The van der Waals surface area contributed by atoms with E-state index in [1.54, 1.807) is 11.5 Å². The minimum Gasteiger partial charge on any atom is -0.375 e. The number of hydrogen-bond acceptors (Lipinski definition) is 4. The molecule has 5 heteroatoms. The molecule has 1 unspecified atom stereocenters. The number of thiazole rings is 1. The number of anilines is 1. The van der Waals surface area contributed by atoms with Gasteiger partial charge < -0.3 is 11.1 Å². The van der Waals surface area contributed by atoms with E-state index in [0.717, 1.165) is 0 Å². The lowest BCUT2D eigenvalue weighted by Gasteiger charge is -2.07. The van der Waals surface area contributed by atoms with Crippen LogP contribution in [0.15, 0.2) is 18.0 Å². The van der Waals surface area contributed by atoms with E-state index in [9.17, 15) is 4.79 Å². The van der Waals surface area contributed by atoms with Crippen LogP contribution in [0.5, 0.6) is 0 Å². The third-order valence-electron chi connectivity index (χ3n) is 1.65. The molecule has 1 rings (SSSR count). The molecule has 0 radical (unpaired) electrons. The molecule has 1 aromatic heterocycles. The van der Waals surface area contributed by atoms with Gasteiger partial charge in [-0.25, -0.2) is 4.98 Å². The fraction of sp³-hybridized carbons (Fsp3) is 0.333. The van der Waals surface area contributed by atoms with Crippen molar-refractivity contribution in [3.8, 4) is 0 Å². The second-order valence-corrected chi connectivity index (χ2v) is 3.84. The van der Waals surface area contributed by atoms with Gasteiger partial charge in [0.2, 0.25) is 5.91 Å². The van der Waals surface area contributed by atoms with Gasteiger partial charge in [-0.3, -0.25) is 4.79 Å². The second-order valence-electron chi connectivity index (χ2n) is 2.95. The lowest BCUT2D eigenvalue weighted by molar-refractivity contribution is -0.120. The average Bonchev–Trinajstić information content (AvgIpc) is 2.50. The van der Waals surface area contributed by atoms with Crippen LogP contribution in [0.2, 0.25) is 0 Å². The molecule has 1 heterocycles. The molecule has 0 saturated heterocycles. The Hall–Kier alpha value is -1.36. The molecule has 0 saturated carbocycles. The molecule has 1 amide bonds.